The zero-order valence-electron chi connectivity index (χ0n) is 9.98. The van der Waals surface area contributed by atoms with Gasteiger partial charge in [0, 0.05) is 12.5 Å². The summed E-state index contributed by atoms with van der Waals surface area (Å²) in [5.74, 6) is 1.54. The highest BCUT2D eigenvalue weighted by Gasteiger charge is 2.10. The number of aromatic nitrogens is 2. The lowest BCUT2D eigenvalue weighted by Crippen LogP contribution is -1.95. The molecule has 90 valence electrons. The van der Waals surface area contributed by atoms with E-state index in [1.54, 1.807) is 0 Å². The normalized spacial score (nSPS) is 12.6. The predicted octanol–water partition coefficient (Wildman–Crippen LogP) is 4.09. The van der Waals surface area contributed by atoms with Gasteiger partial charge in [-0.25, -0.2) is 4.98 Å². The Hall–Kier alpha value is -1.16. The van der Waals surface area contributed by atoms with E-state index >= 15 is 0 Å². The summed E-state index contributed by atoms with van der Waals surface area (Å²) in [7, 11) is 0. The van der Waals surface area contributed by atoms with Crippen LogP contribution < -0.4 is 0 Å². The molecule has 0 saturated carbocycles. The molecular formula is C13H15BrN2O. The van der Waals surface area contributed by atoms with Crippen molar-refractivity contribution in [1.82, 2.24) is 10.1 Å². The van der Waals surface area contributed by atoms with Gasteiger partial charge in [-0.1, -0.05) is 31.5 Å². The summed E-state index contributed by atoms with van der Waals surface area (Å²) in [5, 5.41) is 4.06. The van der Waals surface area contributed by atoms with Gasteiger partial charge in [0.25, 0.3) is 0 Å². The summed E-state index contributed by atoms with van der Waals surface area (Å²) >= 11 is 3.35. The number of rotatable bonds is 4. The van der Waals surface area contributed by atoms with Gasteiger partial charge in [0.2, 0.25) is 0 Å². The standard InChI is InChI=1S/C13H15BrN2O/c1-3-9(2)7-10-8-12(16-17-10)11-5-4-6-13(14)15-11/h4-6,8-9H,3,7H2,1-2H3. The lowest BCUT2D eigenvalue weighted by atomic mass is 10.0. The number of hydrogen-bond donors (Lipinski definition) is 0. The van der Waals surface area contributed by atoms with Gasteiger partial charge in [-0.15, -0.1) is 0 Å². The zero-order valence-corrected chi connectivity index (χ0v) is 11.6. The summed E-state index contributed by atoms with van der Waals surface area (Å²) in [4.78, 5) is 4.35. The molecule has 1 unspecified atom stereocenters. The third-order valence-electron chi connectivity index (χ3n) is 2.78. The molecule has 0 N–H and O–H groups in total. The Bertz CT molecular complexity index is 496. The van der Waals surface area contributed by atoms with E-state index in [4.69, 9.17) is 4.52 Å². The first-order chi connectivity index (χ1) is 8.19. The molecule has 0 bridgehead atoms. The minimum Gasteiger partial charge on any atom is -0.361 e. The van der Waals surface area contributed by atoms with E-state index in [1.165, 1.54) is 0 Å². The van der Waals surface area contributed by atoms with Crippen molar-refractivity contribution in [3.05, 3.63) is 34.6 Å². The molecular weight excluding hydrogens is 280 g/mol. The molecule has 0 radical (unpaired) electrons. The first-order valence-electron chi connectivity index (χ1n) is 5.77. The van der Waals surface area contributed by atoms with E-state index in [-0.39, 0.29) is 0 Å². The van der Waals surface area contributed by atoms with Crippen molar-refractivity contribution in [1.29, 1.82) is 0 Å². The molecule has 0 aliphatic carbocycles. The second kappa shape index (κ2) is 5.45. The highest BCUT2D eigenvalue weighted by atomic mass is 79.9. The maximum atomic E-state index is 5.33. The number of pyridine rings is 1. The van der Waals surface area contributed by atoms with E-state index in [0.717, 1.165) is 34.6 Å². The van der Waals surface area contributed by atoms with Crippen LogP contribution >= 0.6 is 15.9 Å². The molecule has 2 aromatic heterocycles. The minimum absolute atomic E-state index is 0.617. The third kappa shape index (κ3) is 3.16. The summed E-state index contributed by atoms with van der Waals surface area (Å²) in [6.45, 7) is 4.39. The van der Waals surface area contributed by atoms with Gasteiger partial charge < -0.3 is 4.52 Å². The average molecular weight is 295 g/mol. The summed E-state index contributed by atoms with van der Waals surface area (Å²) in [5.41, 5.74) is 1.63. The molecule has 3 nitrogen and oxygen atoms in total. The highest BCUT2D eigenvalue weighted by molar-refractivity contribution is 9.10. The van der Waals surface area contributed by atoms with E-state index in [2.05, 4.69) is 39.9 Å². The van der Waals surface area contributed by atoms with Crippen LogP contribution in [0.15, 0.2) is 33.4 Å². The molecule has 4 heteroatoms. The Morgan fingerprint density at radius 1 is 1.35 bits per heavy atom. The Morgan fingerprint density at radius 3 is 2.88 bits per heavy atom. The number of halogens is 1. The van der Waals surface area contributed by atoms with Crippen LogP contribution in [-0.4, -0.2) is 10.1 Å². The van der Waals surface area contributed by atoms with Gasteiger partial charge in [-0.2, -0.15) is 0 Å². The van der Waals surface area contributed by atoms with Gasteiger partial charge in [-0.3, -0.25) is 0 Å². The second-order valence-corrected chi connectivity index (χ2v) is 5.05. The van der Waals surface area contributed by atoms with Crippen molar-refractivity contribution in [3.63, 3.8) is 0 Å². The topological polar surface area (TPSA) is 38.9 Å². The molecule has 0 amide bonds. The van der Waals surface area contributed by atoms with Crippen molar-refractivity contribution in [3.8, 4) is 11.4 Å². The van der Waals surface area contributed by atoms with Crippen LogP contribution in [0.3, 0.4) is 0 Å². The van der Waals surface area contributed by atoms with Crippen LogP contribution in [0.1, 0.15) is 26.0 Å². The Labute approximate surface area is 109 Å². The van der Waals surface area contributed by atoms with Crippen molar-refractivity contribution < 1.29 is 4.52 Å². The fourth-order valence-corrected chi connectivity index (χ4v) is 1.91. The molecule has 1 atom stereocenters. The summed E-state index contributed by atoms with van der Waals surface area (Å²) < 4.78 is 6.13. The van der Waals surface area contributed by atoms with Gasteiger partial charge in [0.15, 0.2) is 0 Å². The first-order valence-corrected chi connectivity index (χ1v) is 6.57. The van der Waals surface area contributed by atoms with Crippen LogP contribution in [0.4, 0.5) is 0 Å². The Morgan fingerprint density at radius 2 is 2.18 bits per heavy atom. The predicted molar refractivity (Wildman–Crippen MR) is 70.6 cm³/mol. The van der Waals surface area contributed by atoms with Crippen molar-refractivity contribution in [2.24, 2.45) is 5.92 Å². The average Bonchev–Trinajstić information content (AvgIpc) is 2.77. The van der Waals surface area contributed by atoms with Gasteiger partial charge in [0.05, 0.1) is 5.69 Å². The fraction of sp³-hybridized carbons (Fsp3) is 0.385. The summed E-state index contributed by atoms with van der Waals surface area (Å²) in [6.07, 6.45) is 2.07. The molecule has 0 spiro atoms. The second-order valence-electron chi connectivity index (χ2n) is 4.24. The minimum atomic E-state index is 0.617. The van der Waals surface area contributed by atoms with Crippen LogP contribution in [0, 0.1) is 5.92 Å². The van der Waals surface area contributed by atoms with E-state index in [9.17, 15) is 0 Å². The van der Waals surface area contributed by atoms with Crippen LogP contribution in [0.25, 0.3) is 11.4 Å². The quantitative estimate of drug-likeness (QED) is 0.797. The van der Waals surface area contributed by atoms with Crippen molar-refractivity contribution >= 4 is 15.9 Å². The maximum Gasteiger partial charge on any atom is 0.137 e. The molecule has 0 aliphatic heterocycles. The van der Waals surface area contributed by atoms with Crippen LogP contribution in [-0.2, 0) is 6.42 Å². The molecule has 2 rings (SSSR count). The monoisotopic (exact) mass is 294 g/mol. The highest BCUT2D eigenvalue weighted by Crippen LogP contribution is 2.21. The van der Waals surface area contributed by atoms with E-state index in [0.29, 0.717) is 5.92 Å². The van der Waals surface area contributed by atoms with E-state index in [1.807, 2.05) is 24.3 Å². The fourth-order valence-electron chi connectivity index (χ4n) is 1.57. The molecule has 0 fully saturated rings. The largest absolute Gasteiger partial charge is 0.361 e. The van der Waals surface area contributed by atoms with E-state index < -0.39 is 0 Å². The van der Waals surface area contributed by atoms with Crippen LogP contribution in [0.2, 0.25) is 0 Å². The zero-order chi connectivity index (χ0) is 12.3. The molecule has 2 aromatic rings. The van der Waals surface area contributed by atoms with Crippen molar-refractivity contribution in [2.45, 2.75) is 26.7 Å². The molecule has 0 saturated heterocycles. The Balaban J connectivity index is 2.18. The van der Waals surface area contributed by atoms with Gasteiger partial charge in [-0.05, 0) is 34.0 Å². The molecule has 17 heavy (non-hydrogen) atoms. The van der Waals surface area contributed by atoms with Crippen molar-refractivity contribution in [2.75, 3.05) is 0 Å². The number of nitrogens with zero attached hydrogens (tertiary/aromatic N) is 2. The van der Waals surface area contributed by atoms with Crippen LogP contribution in [0.5, 0.6) is 0 Å². The maximum absolute atomic E-state index is 5.33. The smallest absolute Gasteiger partial charge is 0.137 e. The summed E-state index contributed by atoms with van der Waals surface area (Å²) in [6, 6.07) is 7.73. The Kier molecular flexibility index (Phi) is 3.94. The third-order valence-corrected chi connectivity index (χ3v) is 3.22. The van der Waals surface area contributed by atoms with Gasteiger partial charge >= 0.3 is 0 Å². The van der Waals surface area contributed by atoms with Gasteiger partial charge in [0.1, 0.15) is 16.1 Å². The molecule has 2 heterocycles. The first kappa shape index (κ1) is 12.3. The molecule has 0 aliphatic rings. The lowest BCUT2D eigenvalue weighted by Gasteiger charge is -2.02. The lowest BCUT2D eigenvalue weighted by molar-refractivity contribution is 0.363. The number of hydrogen-bond acceptors (Lipinski definition) is 3. The molecule has 0 aromatic carbocycles. The SMILES string of the molecule is CCC(C)Cc1cc(-c2cccc(Br)n2)no1.